The standard InChI is InChI=1S/C12H15ClN2O3/c1-3-4-9-5-8(6-10(13)15-9)11(16)14-7(2)12(17)18/h5-7H,3-4H2,1-2H3,(H,14,16)(H,17,18)/t7-/m0/s1. The number of carbonyl (C=O) groups is 2. The van der Waals surface area contributed by atoms with Gasteiger partial charge < -0.3 is 10.4 Å². The molecule has 1 aromatic rings. The van der Waals surface area contributed by atoms with Crippen LogP contribution in [-0.2, 0) is 11.2 Å². The van der Waals surface area contributed by atoms with Crippen molar-refractivity contribution in [2.45, 2.75) is 32.7 Å². The molecule has 0 fully saturated rings. The minimum atomic E-state index is -1.09. The van der Waals surface area contributed by atoms with E-state index in [2.05, 4.69) is 10.3 Å². The Morgan fingerprint density at radius 3 is 2.72 bits per heavy atom. The molecule has 0 spiro atoms. The molecule has 0 radical (unpaired) electrons. The molecule has 0 aromatic carbocycles. The summed E-state index contributed by atoms with van der Waals surface area (Å²) in [6.45, 7) is 3.39. The van der Waals surface area contributed by atoms with Crippen LogP contribution in [0.15, 0.2) is 12.1 Å². The molecule has 1 amide bonds. The first-order valence-electron chi connectivity index (χ1n) is 5.64. The van der Waals surface area contributed by atoms with Crippen LogP contribution in [0, 0.1) is 0 Å². The lowest BCUT2D eigenvalue weighted by Crippen LogP contribution is -2.38. The maximum Gasteiger partial charge on any atom is 0.325 e. The first-order chi connectivity index (χ1) is 8.43. The Hall–Kier alpha value is -1.62. The lowest BCUT2D eigenvalue weighted by atomic mass is 10.1. The van der Waals surface area contributed by atoms with Crippen molar-refractivity contribution in [2.24, 2.45) is 0 Å². The van der Waals surface area contributed by atoms with Gasteiger partial charge in [0.05, 0.1) is 0 Å². The van der Waals surface area contributed by atoms with E-state index in [9.17, 15) is 9.59 Å². The fourth-order valence-electron chi connectivity index (χ4n) is 1.41. The highest BCUT2D eigenvalue weighted by molar-refractivity contribution is 6.29. The van der Waals surface area contributed by atoms with E-state index in [0.29, 0.717) is 5.56 Å². The van der Waals surface area contributed by atoms with Crippen LogP contribution in [0.1, 0.15) is 36.3 Å². The molecule has 5 nitrogen and oxygen atoms in total. The summed E-state index contributed by atoms with van der Waals surface area (Å²) in [4.78, 5) is 26.5. The molecule has 0 unspecified atom stereocenters. The van der Waals surface area contributed by atoms with Gasteiger partial charge in [-0.25, -0.2) is 4.98 Å². The molecule has 18 heavy (non-hydrogen) atoms. The number of carboxylic acid groups (broad SMARTS) is 1. The fourth-order valence-corrected chi connectivity index (χ4v) is 1.63. The summed E-state index contributed by atoms with van der Waals surface area (Å²) in [5.41, 5.74) is 1.05. The molecule has 0 aliphatic rings. The summed E-state index contributed by atoms with van der Waals surface area (Å²) in [6.07, 6.45) is 1.61. The monoisotopic (exact) mass is 270 g/mol. The Kier molecular flexibility index (Phi) is 5.09. The highest BCUT2D eigenvalue weighted by Gasteiger charge is 2.16. The largest absolute Gasteiger partial charge is 0.480 e. The van der Waals surface area contributed by atoms with Crippen LogP contribution in [0.2, 0.25) is 5.15 Å². The molecule has 0 bridgehead atoms. The molecule has 2 N–H and O–H groups in total. The molecule has 1 atom stereocenters. The molecule has 1 heterocycles. The number of amides is 1. The number of aromatic nitrogens is 1. The quantitative estimate of drug-likeness (QED) is 0.801. The smallest absolute Gasteiger partial charge is 0.325 e. The normalized spacial score (nSPS) is 11.9. The van der Waals surface area contributed by atoms with Crippen molar-refractivity contribution in [3.8, 4) is 0 Å². The molecule has 0 aliphatic carbocycles. The van der Waals surface area contributed by atoms with Crippen molar-refractivity contribution in [1.29, 1.82) is 0 Å². The van der Waals surface area contributed by atoms with E-state index >= 15 is 0 Å². The number of nitrogens with zero attached hydrogens (tertiary/aromatic N) is 1. The third kappa shape index (κ3) is 4.00. The summed E-state index contributed by atoms with van der Waals surface area (Å²) < 4.78 is 0. The van der Waals surface area contributed by atoms with Crippen LogP contribution < -0.4 is 5.32 Å². The lowest BCUT2D eigenvalue weighted by Gasteiger charge is -2.10. The van der Waals surface area contributed by atoms with Crippen molar-refractivity contribution >= 4 is 23.5 Å². The van der Waals surface area contributed by atoms with Crippen LogP contribution in [0.25, 0.3) is 0 Å². The minimum absolute atomic E-state index is 0.231. The third-order valence-electron chi connectivity index (χ3n) is 2.33. The molecule has 0 saturated carbocycles. The van der Waals surface area contributed by atoms with Crippen LogP contribution in [0.4, 0.5) is 0 Å². The van der Waals surface area contributed by atoms with Crippen LogP contribution in [-0.4, -0.2) is 28.0 Å². The van der Waals surface area contributed by atoms with Gasteiger partial charge in [-0.05, 0) is 25.5 Å². The van der Waals surface area contributed by atoms with Gasteiger partial charge in [-0.1, -0.05) is 24.9 Å². The van der Waals surface area contributed by atoms with Gasteiger partial charge in [0, 0.05) is 11.3 Å². The van der Waals surface area contributed by atoms with Crippen molar-refractivity contribution in [2.75, 3.05) is 0 Å². The number of aliphatic carboxylic acids is 1. The van der Waals surface area contributed by atoms with E-state index in [1.54, 1.807) is 6.07 Å². The Morgan fingerprint density at radius 1 is 1.50 bits per heavy atom. The SMILES string of the molecule is CCCc1cc(C(=O)N[C@@H](C)C(=O)O)cc(Cl)n1. The summed E-state index contributed by atoms with van der Waals surface area (Å²) in [6, 6.07) is 2.10. The molecule has 6 heteroatoms. The van der Waals surface area contributed by atoms with Crippen molar-refractivity contribution in [3.63, 3.8) is 0 Å². The summed E-state index contributed by atoms with van der Waals surface area (Å²) >= 11 is 5.82. The van der Waals surface area contributed by atoms with E-state index in [0.717, 1.165) is 18.5 Å². The second-order valence-corrected chi connectivity index (χ2v) is 4.34. The number of halogens is 1. The molecule has 98 valence electrons. The molecular weight excluding hydrogens is 256 g/mol. The highest BCUT2D eigenvalue weighted by Crippen LogP contribution is 2.12. The number of hydrogen-bond acceptors (Lipinski definition) is 3. The van der Waals surface area contributed by atoms with Crippen molar-refractivity contribution in [1.82, 2.24) is 10.3 Å². The van der Waals surface area contributed by atoms with Gasteiger partial charge in [-0.15, -0.1) is 0 Å². The zero-order valence-corrected chi connectivity index (χ0v) is 11.0. The number of carbonyl (C=O) groups excluding carboxylic acids is 1. The van der Waals surface area contributed by atoms with Crippen LogP contribution in [0.3, 0.4) is 0 Å². The maximum atomic E-state index is 11.8. The number of hydrogen-bond donors (Lipinski definition) is 2. The topological polar surface area (TPSA) is 79.3 Å². The van der Waals surface area contributed by atoms with E-state index in [1.165, 1.54) is 13.0 Å². The zero-order valence-electron chi connectivity index (χ0n) is 10.2. The fraction of sp³-hybridized carbons (Fsp3) is 0.417. The average Bonchev–Trinajstić information content (AvgIpc) is 2.28. The van der Waals surface area contributed by atoms with Gasteiger partial charge in [0.1, 0.15) is 11.2 Å². The molecule has 1 rings (SSSR count). The molecular formula is C12H15ClN2O3. The number of nitrogens with one attached hydrogen (secondary N) is 1. The minimum Gasteiger partial charge on any atom is -0.480 e. The molecule has 0 saturated heterocycles. The van der Waals surface area contributed by atoms with Crippen LogP contribution in [0.5, 0.6) is 0 Å². The number of rotatable bonds is 5. The Balaban J connectivity index is 2.88. The number of carboxylic acids is 1. The second kappa shape index (κ2) is 6.35. The van der Waals surface area contributed by atoms with Crippen molar-refractivity contribution in [3.05, 3.63) is 28.5 Å². The Bertz CT molecular complexity index is 463. The Morgan fingerprint density at radius 2 is 2.17 bits per heavy atom. The lowest BCUT2D eigenvalue weighted by molar-refractivity contribution is -0.138. The first kappa shape index (κ1) is 14.4. The highest BCUT2D eigenvalue weighted by atomic mass is 35.5. The van der Waals surface area contributed by atoms with Crippen LogP contribution >= 0.6 is 11.6 Å². The maximum absolute atomic E-state index is 11.8. The summed E-state index contributed by atoms with van der Waals surface area (Å²) in [5.74, 6) is -1.55. The van der Waals surface area contributed by atoms with Gasteiger partial charge >= 0.3 is 5.97 Å². The molecule has 1 aromatic heterocycles. The average molecular weight is 271 g/mol. The van der Waals surface area contributed by atoms with E-state index in [-0.39, 0.29) is 5.15 Å². The van der Waals surface area contributed by atoms with E-state index in [1.807, 2.05) is 6.92 Å². The third-order valence-corrected chi connectivity index (χ3v) is 2.53. The zero-order chi connectivity index (χ0) is 13.7. The van der Waals surface area contributed by atoms with Gasteiger partial charge in [0.25, 0.3) is 5.91 Å². The van der Waals surface area contributed by atoms with Crippen molar-refractivity contribution < 1.29 is 14.7 Å². The predicted octanol–water partition coefficient (Wildman–Crippen LogP) is 1.89. The van der Waals surface area contributed by atoms with Gasteiger partial charge in [0.15, 0.2) is 0 Å². The first-order valence-corrected chi connectivity index (χ1v) is 6.02. The summed E-state index contributed by atoms with van der Waals surface area (Å²) in [5, 5.41) is 11.3. The predicted molar refractivity (Wildman–Crippen MR) is 67.8 cm³/mol. The van der Waals surface area contributed by atoms with Gasteiger partial charge in [0.2, 0.25) is 0 Å². The van der Waals surface area contributed by atoms with E-state index < -0.39 is 17.9 Å². The number of pyridine rings is 1. The van der Waals surface area contributed by atoms with Gasteiger partial charge in [-0.2, -0.15) is 0 Å². The second-order valence-electron chi connectivity index (χ2n) is 3.95. The number of aryl methyl sites for hydroxylation is 1. The molecule has 0 aliphatic heterocycles. The Labute approximate surface area is 110 Å². The van der Waals surface area contributed by atoms with Gasteiger partial charge in [-0.3, -0.25) is 9.59 Å². The van der Waals surface area contributed by atoms with E-state index in [4.69, 9.17) is 16.7 Å². The summed E-state index contributed by atoms with van der Waals surface area (Å²) in [7, 11) is 0.